The van der Waals surface area contributed by atoms with Crippen LogP contribution in [0, 0.1) is 0 Å². The number of aromatic amines is 1. The second kappa shape index (κ2) is 8.43. The molecule has 0 radical (unpaired) electrons. The first-order valence-corrected chi connectivity index (χ1v) is 10.8. The molecule has 9 heteroatoms. The maximum Gasteiger partial charge on any atom is 0.162 e. The summed E-state index contributed by atoms with van der Waals surface area (Å²) >= 11 is 0. The molecule has 5 rings (SSSR count). The first kappa shape index (κ1) is 19.6. The summed E-state index contributed by atoms with van der Waals surface area (Å²) in [6.45, 7) is 4.94. The second-order valence-electron chi connectivity index (χ2n) is 8.04. The lowest BCUT2D eigenvalue weighted by molar-refractivity contribution is -0.108. The fraction of sp³-hybridized carbons (Fsp3) is 0.409. The van der Waals surface area contributed by atoms with Crippen LogP contribution in [0.2, 0.25) is 0 Å². The van der Waals surface area contributed by atoms with E-state index in [9.17, 15) is 4.79 Å². The fourth-order valence-corrected chi connectivity index (χ4v) is 4.53. The van der Waals surface area contributed by atoms with Gasteiger partial charge in [-0.1, -0.05) is 12.1 Å². The zero-order valence-electron chi connectivity index (χ0n) is 17.5. The molecule has 1 atom stereocenters. The summed E-state index contributed by atoms with van der Waals surface area (Å²) < 4.78 is 2.40. The molecular formula is C22H26N8O. The number of para-hydroxylation sites is 2. The number of benzene rings is 1. The number of H-pyrrole nitrogens is 1. The van der Waals surface area contributed by atoms with Gasteiger partial charge >= 0.3 is 0 Å². The molecule has 1 aliphatic rings. The van der Waals surface area contributed by atoms with Crippen molar-refractivity contribution >= 4 is 34.3 Å². The number of likely N-dealkylation sites (tertiary alicyclic amines) is 1. The molecule has 1 aromatic carbocycles. The lowest BCUT2D eigenvalue weighted by Crippen LogP contribution is -2.36. The SMILES string of the molecule is C[C@H](Nc1ncnc2[nH]cnc12)c1nc2ccccc2n1C1CCN(CCC=O)CC1. The lowest BCUT2D eigenvalue weighted by Gasteiger charge is -2.34. The van der Waals surface area contributed by atoms with E-state index in [0.29, 0.717) is 23.9 Å². The van der Waals surface area contributed by atoms with Crippen LogP contribution in [-0.2, 0) is 4.79 Å². The van der Waals surface area contributed by atoms with Crippen LogP contribution in [0.15, 0.2) is 36.9 Å². The highest BCUT2D eigenvalue weighted by Gasteiger charge is 2.26. The molecular weight excluding hydrogens is 392 g/mol. The largest absolute Gasteiger partial charge is 0.358 e. The van der Waals surface area contributed by atoms with E-state index in [2.05, 4.69) is 59.8 Å². The third-order valence-corrected chi connectivity index (χ3v) is 6.07. The van der Waals surface area contributed by atoms with Crippen LogP contribution < -0.4 is 5.32 Å². The number of aromatic nitrogens is 6. The third-order valence-electron chi connectivity index (χ3n) is 6.07. The number of aldehydes is 1. The smallest absolute Gasteiger partial charge is 0.162 e. The Morgan fingerprint density at radius 2 is 2.06 bits per heavy atom. The van der Waals surface area contributed by atoms with Gasteiger partial charge < -0.3 is 24.6 Å². The van der Waals surface area contributed by atoms with Crippen molar-refractivity contribution in [3.05, 3.63) is 42.7 Å². The average molecular weight is 419 g/mol. The first-order valence-electron chi connectivity index (χ1n) is 10.8. The Bertz CT molecular complexity index is 1190. The predicted molar refractivity (Wildman–Crippen MR) is 119 cm³/mol. The number of fused-ring (bicyclic) bond motifs is 2. The molecule has 1 fully saturated rings. The van der Waals surface area contributed by atoms with Gasteiger partial charge in [-0.2, -0.15) is 0 Å². The van der Waals surface area contributed by atoms with E-state index >= 15 is 0 Å². The van der Waals surface area contributed by atoms with Crippen molar-refractivity contribution in [2.75, 3.05) is 25.0 Å². The molecule has 0 bridgehead atoms. The van der Waals surface area contributed by atoms with Gasteiger partial charge in [0.2, 0.25) is 0 Å². The van der Waals surface area contributed by atoms with Gasteiger partial charge in [0, 0.05) is 32.1 Å². The van der Waals surface area contributed by atoms with Crippen LogP contribution in [0.25, 0.3) is 22.2 Å². The van der Waals surface area contributed by atoms with Gasteiger partial charge in [-0.05, 0) is 31.9 Å². The number of hydrogen-bond donors (Lipinski definition) is 2. The highest BCUT2D eigenvalue weighted by Crippen LogP contribution is 2.32. The molecule has 0 spiro atoms. The number of nitrogens with zero attached hydrogens (tertiary/aromatic N) is 6. The predicted octanol–water partition coefficient (Wildman–Crippen LogP) is 3.10. The molecule has 4 heterocycles. The van der Waals surface area contributed by atoms with Gasteiger partial charge in [0.1, 0.15) is 24.0 Å². The van der Waals surface area contributed by atoms with Crippen LogP contribution in [0.1, 0.15) is 44.1 Å². The summed E-state index contributed by atoms with van der Waals surface area (Å²) in [7, 11) is 0. The Balaban J connectivity index is 1.45. The van der Waals surface area contributed by atoms with E-state index in [4.69, 9.17) is 4.98 Å². The Hall–Kier alpha value is -3.33. The van der Waals surface area contributed by atoms with Gasteiger partial charge in [-0.25, -0.2) is 19.9 Å². The van der Waals surface area contributed by atoms with E-state index in [-0.39, 0.29) is 6.04 Å². The standard InChI is InChI=1S/C22H26N8O/c1-15(27-21-19-20(24-13-23-19)25-14-26-21)22-28-17-5-2-3-6-18(17)30(22)16-7-10-29(11-8-16)9-4-12-31/h2-3,5-6,12-16H,4,7-11H2,1H3,(H2,23,24,25,26,27)/t15-/m0/s1. The minimum atomic E-state index is -0.0599. The van der Waals surface area contributed by atoms with E-state index in [1.807, 2.05) is 6.07 Å². The number of anilines is 1. The maximum absolute atomic E-state index is 10.7. The van der Waals surface area contributed by atoms with Crippen molar-refractivity contribution in [2.24, 2.45) is 0 Å². The fourth-order valence-electron chi connectivity index (χ4n) is 4.53. The zero-order chi connectivity index (χ0) is 21.2. The second-order valence-corrected chi connectivity index (χ2v) is 8.04. The van der Waals surface area contributed by atoms with Gasteiger partial charge in [0.05, 0.1) is 23.4 Å². The monoisotopic (exact) mass is 418 g/mol. The molecule has 0 saturated carbocycles. The van der Waals surface area contributed by atoms with Crippen LogP contribution in [0.4, 0.5) is 5.82 Å². The molecule has 1 aliphatic heterocycles. The van der Waals surface area contributed by atoms with Crippen molar-refractivity contribution in [3.8, 4) is 0 Å². The lowest BCUT2D eigenvalue weighted by atomic mass is 10.0. The minimum Gasteiger partial charge on any atom is -0.358 e. The number of nitrogens with one attached hydrogen (secondary N) is 2. The number of carbonyl (C=O) groups is 1. The van der Waals surface area contributed by atoms with Crippen LogP contribution >= 0.6 is 0 Å². The van der Waals surface area contributed by atoms with Crippen molar-refractivity contribution in [2.45, 2.75) is 38.3 Å². The summed E-state index contributed by atoms with van der Waals surface area (Å²) in [6.07, 6.45) is 6.85. The number of rotatable bonds is 7. The molecule has 0 unspecified atom stereocenters. The van der Waals surface area contributed by atoms with E-state index in [1.165, 1.54) is 6.33 Å². The number of piperidine rings is 1. The molecule has 9 nitrogen and oxygen atoms in total. The van der Waals surface area contributed by atoms with Gasteiger partial charge in [-0.15, -0.1) is 0 Å². The van der Waals surface area contributed by atoms with E-state index in [0.717, 1.165) is 61.1 Å². The van der Waals surface area contributed by atoms with Gasteiger partial charge in [-0.3, -0.25) is 0 Å². The summed E-state index contributed by atoms with van der Waals surface area (Å²) in [4.78, 5) is 34.1. The Morgan fingerprint density at radius 1 is 1.23 bits per heavy atom. The van der Waals surface area contributed by atoms with Crippen LogP contribution in [0.3, 0.4) is 0 Å². The zero-order valence-corrected chi connectivity index (χ0v) is 17.5. The Morgan fingerprint density at radius 3 is 2.90 bits per heavy atom. The molecule has 31 heavy (non-hydrogen) atoms. The molecule has 1 saturated heterocycles. The normalized spacial score (nSPS) is 16.7. The highest BCUT2D eigenvalue weighted by atomic mass is 16.1. The molecule has 3 aromatic heterocycles. The maximum atomic E-state index is 10.7. The Kier molecular flexibility index (Phi) is 5.33. The first-order chi connectivity index (χ1) is 15.2. The topological polar surface area (TPSA) is 105 Å². The van der Waals surface area contributed by atoms with Gasteiger partial charge in [0.25, 0.3) is 0 Å². The van der Waals surface area contributed by atoms with Crippen molar-refractivity contribution in [1.82, 2.24) is 34.4 Å². The summed E-state index contributed by atoms with van der Waals surface area (Å²) in [5, 5.41) is 3.50. The molecule has 0 amide bonds. The minimum absolute atomic E-state index is 0.0599. The third kappa shape index (κ3) is 3.76. The number of hydrogen-bond acceptors (Lipinski definition) is 7. The summed E-state index contributed by atoms with van der Waals surface area (Å²) in [6, 6.07) is 8.62. The van der Waals surface area contributed by atoms with Crippen molar-refractivity contribution < 1.29 is 4.79 Å². The number of imidazole rings is 2. The van der Waals surface area contributed by atoms with Crippen molar-refractivity contribution in [1.29, 1.82) is 0 Å². The van der Waals surface area contributed by atoms with E-state index < -0.39 is 0 Å². The van der Waals surface area contributed by atoms with E-state index in [1.54, 1.807) is 6.33 Å². The average Bonchev–Trinajstić information content (AvgIpc) is 3.43. The quantitative estimate of drug-likeness (QED) is 0.444. The van der Waals surface area contributed by atoms with Crippen LogP contribution in [-0.4, -0.2) is 60.3 Å². The van der Waals surface area contributed by atoms with Crippen LogP contribution in [0.5, 0.6) is 0 Å². The summed E-state index contributed by atoms with van der Waals surface area (Å²) in [5.74, 6) is 1.69. The molecule has 4 aromatic rings. The number of carbonyl (C=O) groups excluding carboxylic acids is 1. The van der Waals surface area contributed by atoms with Crippen molar-refractivity contribution in [3.63, 3.8) is 0 Å². The Labute approximate surface area is 179 Å². The molecule has 160 valence electrons. The highest BCUT2D eigenvalue weighted by molar-refractivity contribution is 5.82. The molecule has 0 aliphatic carbocycles. The molecule has 2 N–H and O–H groups in total. The van der Waals surface area contributed by atoms with Gasteiger partial charge in [0.15, 0.2) is 11.5 Å². The summed E-state index contributed by atoms with van der Waals surface area (Å²) in [5.41, 5.74) is 3.59.